The summed E-state index contributed by atoms with van der Waals surface area (Å²) in [5, 5.41) is 11.6. The van der Waals surface area contributed by atoms with Crippen molar-refractivity contribution in [1.82, 2.24) is 5.32 Å². The summed E-state index contributed by atoms with van der Waals surface area (Å²) < 4.78 is 13.7. The SMILES string of the molecule is O=C(O)CC1(NC(=O)c2cc(F)cc(Br)c2)CCC1. The monoisotopic (exact) mass is 329 g/mol. The number of hydrogen-bond donors (Lipinski definition) is 2. The van der Waals surface area contributed by atoms with E-state index in [0.29, 0.717) is 17.3 Å². The average molecular weight is 330 g/mol. The van der Waals surface area contributed by atoms with Crippen LogP contribution in [0.4, 0.5) is 4.39 Å². The number of carbonyl (C=O) groups excluding carboxylic acids is 1. The number of nitrogens with one attached hydrogen (secondary N) is 1. The Hall–Kier alpha value is -1.43. The Morgan fingerprint density at radius 3 is 2.53 bits per heavy atom. The first-order chi connectivity index (χ1) is 8.90. The molecule has 1 saturated carbocycles. The zero-order valence-electron chi connectivity index (χ0n) is 10.1. The quantitative estimate of drug-likeness (QED) is 0.892. The number of amides is 1. The fourth-order valence-electron chi connectivity index (χ4n) is 2.24. The van der Waals surface area contributed by atoms with Gasteiger partial charge in [-0.1, -0.05) is 15.9 Å². The van der Waals surface area contributed by atoms with E-state index in [1.165, 1.54) is 12.1 Å². The highest BCUT2D eigenvalue weighted by atomic mass is 79.9. The number of aliphatic carboxylic acids is 1. The largest absolute Gasteiger partial charge is 0.481 e. The fraction of sp³-hybridized carbons (Fsp3) is 0.385. The van der Waals surface area contributed by atoms with Crippen LogP contribution >= 0.6 is 15.9 Å². The maximum Gasteiger partial charge on any atom is 0.305 e. The number of halogens is 2. The summed E-state index contributed by atoms with van der Waals surface area (Å²) in [5.41, 5.74) is -0.495. The summed E-state index contributed by atoms with van der Waals surface area (Å²) in [6, 6.07) is 3.89. The van der Waals surface area contributed by atoms with Crippen molar-refractivity contribution < 1.29 is 19.1 Å². The first kappa shape index (κ1) is 14.0. The van der Waals surface area contributed by atoms with E-state index in [-0.39, 0.29) is 12.0 Å². The predicted molar refractivity (Wildman–Crippen MR) is 70.4 cm³/mol. The molecule has 0 heterocycles. The second-order valence-electron chi connectivity index (χ2n) is 4.82. The second kappa shape index (κ2) is 5.28. The van der Waals surface area contributed by atoms with Crippen LogP contribution < -0.4 is 5.32 Å². The highest BCUT2D eigenvalue weighted by molar-refractivity contribution is 9.10. The molecule has 1 aromatic rings. The molecule has 2 N–H and O–H groups in total. The van der Waals surface area contributed by atoms with Crippen LogP contribution in [-0.2, 0) is 4.79 Å². The zero-order valence-corrected chi connectivity index (χ0v) is 11.7. The minimum Gasteiger partial charge on any atom is -0.481 e. The van der Waals surface area contributed by atoms with Crippen molar-refractivity contribution in [2.75, 3.05) is 0 Å². The predicted octanol–water partition coefficient (Wildman–Crippen LogP) is 2.72. The first-order valence-electron chi connectivity index (χ1n) is 5.91. The summed E-state index contributed by atoms with van der Waals surface area (Å²) in [4.78, 5) is 22.9. The van der Waals surface area contributed by atoms with E-state index in [1.54, 1.807) is 0 Å². The van der Waals surface area contributed by atoms with Gasteiger partial charge >= 0.3 is 5.97 Å². The second-order valence-corrected chi connectivity index (χ2v) is 5.73. The molecule has 0 saturated heterocycles. The molecule has 6 heteroatoms. The van der Waals surface area contributed by atoms with Crippen LogP contribution in [0.1, 0.15) is 36.0 Å². The van der Waals surface area contributed by atoms with Gasteiger partial charge in [-0.2, -0.15) is 0 Å². The van der Waals surface area contributed by atoms with Gasteiger partial charge in [-0.25, -0.2) is 4.39 Å². The van der Waals surface area contributed by atoms with Gasteiger partial charge in [0, 0.05) is 10.0 Å². The van der Waals surface area contributed by atoms with Crippen molar-refractivity contribution >= 4 is 27.8 Å². The third kappa shape index (κ3) is 3.32. The van der Waals surface area contributed by atoms with Crippen molar-refractivity contribution in [3.8, 4) is 0 Å². The molecule has 1 aliphatic carbocycles. The first-order valence-corrected chi connectivity index (χ1v) is 6.70. The number of benzene rings is 1. The van der Waals surface area contributed by atoms with Crippen LogP contribution in [-0.4, -0.2) is 22.5 Å². The molecular weight excluding hydrogens is 317 g/mol. The van der Waals surface area contributed by atoms with E-state index in [1.807, 2.05) is 0 Å². The van der Waals surface area contributed by atoms with E-state index in [0.717, 1.165) is 12.5 Å². The molecule has 0 atom stereocenters. The Kier molecular flexibility index (Phi) is 3.89. The lowest BCUT2D eigenvalue weighted by Gasteiger charge is -2.41. The molecule has 1 aliphatic rings. The van der Waals surface area contributed by atoms with Crippen LogP contribution in [0.5, 0.6) is 0 Å². The summed E-state index contributed by atoms with van der Waals surface area (Å²) in [6.07, 6.45) is 2.07. The zero-order chi connectivity index (χ0) is 14.0. The normalized spacial score (nSPS) is 16.5. The van der Waals surface area contributed by atoms with Crippen molar-refractivity contribution in [2.24, 2.45) is 0 Å². The standard InChI is InChI=1S/C13H13BrFNO3/c14-9-4-8(5-10(15)6-9)12(19)16-13(2-1-3-13)7-11(17)18/h4-6H,1-3,7H2,(H,16,19)(H,17,18). The van der Waals surface area contributed by atoms with Crippen molar-refractivity contribution in [2.45, 2.75) is 31.2 Å². The lowest BCUT2D eigenvalue weighted by atomic mass is 9.74. The Balaban J connectivity index is 2.13. The summed E-state index contributed by atoms with van der Waals surface area (Å²) in [6.45, 7) is 0. The van der Waals surface area contributed by atoms with Gasteiger partial charge in [-0.3, -0.25) is 9.59 Å². The van der Waals surface area contributed by atoms with Gasteiger partial charge in [0.05, 0.1) is 12.0 Å². The topological polar surface area (TPSA) is 66.4 Å². The molecule has 0 radical (unpaired) electrons. The fourth-order valence-corrected chi connectivity index (χ4v) is 2.70. The van der Waals surface area contributed by atoms with Crippen LogP contribution in [0, 0.1) is 5.82 Å². The number of carboxylic acids is 1. The van der Waals surface area contributed by atoms with Gasteiger partial charge < -0.3 is 10.4 Å². The summed E-state index contributed by atoms with van der Waals surface area (Å²) in [7, 11) is 0. The van der Waals surface area contributed by atoms with Gasteiger partial charge in [0.1, 0.15) is 5.82 Å². The third-order valence-corrected chi connectivity index (χ3v) is 3.76. The van der Waals surface area contributed by atoms with Crippen molar-refractivity contribution in [1.29, 1.82) is 0 Å². The molecule has 1 fully saturated rings. The minimum atomic E-state index is -0.944. The highest BCUT2D eigenvalue weighted by Gasteiger charge is 2.40. The van der Waals surface area contributed by atoms with Crippen LogP contribution in [0.3, 0.4) is 0 Å². The van der Waals surface area contributed by atoms with Crippen LogP contribution in [0.2, 0.25) is 0 Å². The van der Waals surface area contributed by atoms with E-state index >= 15 is 0 Å². The Morgan fingerprint density at radius 2 is 2.05 bits per heavy atom. The maximum absolute atomic E-state index is 13.2. The molecule has 0 aliphatic heterocycles. The highest BCUT2D eigenvalue weighted by Crippen LogP contribution is 2.35. The molecule has 0 unspecified atom stereocenters. The van der Waals surface area contributed by atoms with Gasteiger partial charge in [0.25, 0.3) is 5.91 Å². The number of hydrogen-bond acceptors (Lipinski definition) is 2. The number of carbonyl (C=O) groups is 2. The van der Waals surface area contributed by atoms with Crippen LogP contribution in [0.25, 0.3) is 0 Å². The molecular formula is C13H13BrFNO3. The summed E-state index contributed by atoms with van der Waals surface area (Å²) >= 11 is 3.12. The van der Waals surface area contributed by atoms with E-state index < -0.39 is 23.2 Å². The van der Waals surface area contributed by atoms with Gasteiger partial charge in [0.15, 0.2) is 0 Å². The lowest BCUT2D eigenvalue weighted by Crippen LogP contribution is -2.54. The maximum atomic E-state index is 13.2. The smallest absolute Gasteiger partial charge is 0.305 e. The van der Waals surface area contributed by atoms with Gasteiger partial charge in [-0.15, -0.1) is 0 Å². The average Bonchev–Trinajstić information content (AvgIpc) is 2.23. The van der Waals surface area contributed by atoms with Gasteiger partial charge in [0.2, 0.25) is 0 Å². The molecule has 1 aromatic carbocycles. The van der Waals surface area contributed by atoms with E-state index in [9.17, 15) is 14.0 Å². The molecule has 0 aromatic heterocycles. The Morgan fingerprint density at radius 1 is 1.37 bits per heavy atom. The summed E-state index contributed by atoms with van der Waals surface area (Å²) in [5.74, 6) is -1.90. The number of rotatable bonds is 4. The van der Waals surface area contributed by atoms with Crippen molar-refractivity contribution in [3.05, 3.63) is 34.1 Å². The Labute approximate surface area is 118 Å². The molecule has 102 valence electrons. The van der Waals surface area contributed by atoms with E-state index in [2.05, 4.69) is 21.2 Å². The van der Waals surface area contributed by atoms with Gasteiger partial charge in [-0.05, 0) is 37.5 Å². The molecule has 0 spiro atoms. The molecule has 2 rings (SSSR count). The molecule has 0 bridgehead atoms. The lowest BCUT2D eigenvalue weighted by molar-refractivity contribution is -0.139. The molecule has 19 heavy (non-hydrogen) atoms. The van der Waals surface area contributed by atoms with Crippen molar-refractivity contribution in [3.63, 3.8) is 0 Å². The Bertz CT molecular complexity index is 508. The van der Waals surface area contributed by atoms with Crippen LogP contribution in [0.15, 0.2) is 22.7 Å². The minimum absolute atomic E-state index is 0.102. The number of carboxylic acid groups (broad SMARTS) is 1. The molecule has 4 nitrogen and oxygen atoms in total. The van der Waals surface area contributed by atoms with E-state index in [4.69, 9.17) is 5.11 Å². The third-order valence-electron chi connectivity index (χ3n) is 3.30. The molecule has 1 amide bonds.